The number of benzene rings is 2. The Bertz CT molecular complexity index is 996. The molecule has 4 rings (SSSR count). The fourth-order valence-electron chi connectivity index (χ4n) is 2.32. The summed E-state index contributed by atoms with van der Waals surface area (Å²) in [6, 6.07) is 6.50. The number of hydrogen-bond acceptors (Lipinski definition) is 9. The normalized spacial score (nSPS) is 9.31. The molecule has 0 radical (unpaired) electrons. The molecule has 2 N–H and O–H groups in total. The van der Waals surface area contributed by atoms with Gasteiger partial charge in [0.05, 0.1) is 25.3 Å². The molecule has 0 fully saturated rings. The number of nitrogens with zero attached hydrogens (tertiary/aromatic N) is 4. The molecule has 2 aromatic heterocycles. The molecular weight excluding hydrogens is 400 g/mol. The zero-order chi connectivity index (χ0) is 20.5. The standard InChI is InChI=1S/2C9H8N2O2.CH2O.ClH/c2*1-13-9-3-7-6(2-8(9)12)4-10-5-11-7;1-2;/h2*2-5,12H,1H3;1H2;1H. The van der Waals surface area contributed by atoms with E-state index in [9.17, 15) is 10.2 Å². The summed E-state index contributed by atoms with van der Waals surface area (Å²) in [6.45, 7) is 2.00. The van der Waals surface area contributed by atoms with Crippen LogP contribution in [-0.2, 0) is 4.79 Å². The first-order chi connectivity index (χ1) is 13.6. The van der Waals surface area contributed by atoms with E-state index < -0.39 is 0 Å². The van der Waals surface area contributed by atoms with Gasteiger partial charge in [-0.25, -0.2) is 19.9 Å². The van der Waals surface area contributed by atoms with E-state index in [0.29, 0.717) is 11.5 Å². The van der Waals surface area contributed by atoms with Crippen molar-refractivity contribution in [1.29, 1.82) is 0 Å². The average molecular weight is 419 g/mol. The number of halogens is 1. The van der Waals surface area contributed by atoms with Gasteiger partial charge in [-0.15, -0.1) is 12.4 Å². The van der Waals surface area contributed by atoms with E-state index in [2.05, 4.69) is 19.9 Å². The van der Waals surface area contributed by atoms with Crippen molar-refractivity contribution in [3.63, 3.8) is 0 Å². The van der Waals surface area contributed by atoms with Crippen LogP contribution in [0, 0.1) is 0 Å². The lowest BCUT2D eigenvalue weighted by atomic mass is 10.2. The molecule has 0 saturated carbocycles. The van der Waals surface area contributed by atoms with E-state index in [4.69, 9.17) is 14.3 Å². The summed E-state index contributed by atoms with van der Waals surface area (Å²) in [7, 11) is 3.00. The van der Waals surface area contributed by atoms with Crippen LogP contribution in [0.15, 0.2) is 49.3 Å². The fraction of sp³-hybridized carbons (Fsp3) is 0.105. The lowest BCUT2D eigenvalue weighted by molar-refractivity contribution is -0.0979. The monoisotopic (exact) mass is 418 g/mol. The van der Waals surface area contributed by atoms with Crippen molar-refractivity contribution in [2.75, 3.05) is 14.2 Å². The first-order valence-electron chi connectivity index (χ1n) is 7.84. The Hall–Kier alpha value is -3.72. The van der Waals surface area contributed by atoms with Crippen LogP contribution in [0.5, 0.6) is 23.0 Å². The summed E-state index contributed by atoms with van der Waals surface area (Å²) < 4.78 is 9.89. The van der Waals surface area contributed by atoms with Gasteiger partial charge < -0.3 is 24.5 Å². The highest BCUT2D eigenvalue weighted by Gasteiger charge is 2.04. The van der Waals surface area contributed by atoms with Crippen molar-refractivity contribution < 1.29 is 24.5 Å². The number of aromatic hydroxyl groups is 2. The zero-order valence-electron chi connectivity index (χ0n) is 15.6. The predicted molar refractivity (Wildman–Crippen MR) is 110 cm³/mol. The number of carbonyl (C=O) groups is 1. The van der Waals surface area contributed by atoms with Gasteiger partial charge in [0.2, 0.25) is 0 Å². The molecular formula is C19H19ClN4O5. The third-order valence-corrected chi connectivity index (χ3v) is 3.61. The molecule has 0 amide bonds. The number of fused-ring (bicyclic) bond motifs is 2. The van der Waals surface area contributed by atoms with Crippen LogP contribution in [0.4, 0.5) is 0 Å². The minimum atomic E-state index is 0. The van der Waals surface area contributed by atoms with E-state index >= 15 is 0 Å². The second-order valence-corrected chi connectivity index (χ2v) is 5.21. The third kappa shape index (κ3) is 5.63. The molecule has 10 heteroatoms. The Morgan fingerprint density at radius 2 is 1.14 bits per heavy atom. The Balaban J connectivity index is 0.000000259. The fourth-order valence-corrected chi connectivity index (χ4v) is 2.32. The van der Waals surface area contributed by atoms with Crippen LogP contribution in [-0.4, -0.2) is 51.2 Å². The smallest absolute Gasteiger partial charge is 0.162 e. The first kappa shape index (κ1) is 23.3. The van der Waals surface area contributed by atoms with Crippen molar-refractivity contribution in [3.8, 4) is 23.0 Å². The number of rotatable bonds is 2. The van der Waals surface area contributed by atoms with Crippen LogP contribution in [0.3, 0.4) is 0 Å². The maximum absolute atomic E-state index is 9.43. The second-order valence-electron chi connectivity index (χ2n) is 5.21. The number of phenols is 2. The molecule has 0 aliphatic rings. The van der Waals surface area contributed by atoms with E-state index in [1.165, 1.54) is 26.9 Å². The second kappa shape index (κ2) is 11.2. The van der Waals surface area contributed by atoms with Gasteiger partial charge in [-0.2, -0.15) is 0 Å². The van der Waals surface area contributed by atoms with Gasteiger partial charge in [0.25, 0.3) is 0 Å². The van der Waals surface area contributed by atoms with Crippen molar-refractivity contribution in [2.45, 2.75) is 0 Å². The number of aromatic nitrogens is 4. The molecule has 2 aromatic carbocycles. The Labute approximate surface area is 172 Å². The van der Waals surface area contributed by atoms with Crippen LogP contribution in [0.25, 0.3) is 21.8 Å². The van der Waals surface area contributed by atoms with Crippen molar-refractivity contribution in [3.05, 3.63) is 49.3 Å². The maximum atomic E-state index is 9.43. The molecule has 0 aliphatic carbocycles. The molecule has 0 aliphatic heterocycles. The molecule has 29 heavy (non-hydrogen) atoms. The summed E-state index contributed by atoms with van der Waals surface area (Å²) in [4.78, 5) is 23.8. The molecule has 4 aromatic rings. The lowest BCUT2D eigenvalue weighted by Crippen LogP contribution is -1.86. The van der Waals surface area contributed by atoms with Crippen molar-refractivity contribution in [2.24, 2.45) is 0 Å². The number of carbonyl (C=O) groups excluding carboxylic acids is 1. The van der Waals surface area contributed by atoms with Gasteiger partial charge in [-0.1, -0.05) is 0 Å². The Kier molecular flexibility index (Phi) is 9.00. The van der Waals surface area contributed by atoms with Gasteiger partial charge in [-0.05, 0) is 12.1 Å². The largest absolute Gasteiger partial charge is 0.504 e. The predicted octanol–water partition coefficient (Wildman–Crippen LogP) is 2.92. The third-order valence-electron chi connectivity index (χ3n) is 3.61. The van der Waals surface area contributed by atoms with Gasteiger partial charge in [0.1, 0.15) is 19.4 Å². The van der Waals surface area contributed by atoms with Gasteiger partial charge in [0.15, 0.2) is 23.0 Å². The van der Waals surface area contributed by atoms with Crippen LogP contribution in [0.1, 0.15) is 0 Å². The molecule has 0 atom stereocenters. The maximum Gasteiger partial charge on any atom is 0.162 e. The molecule has 0 spiro atoms. The number of hydrogen-bond donors (Lipinski definition) is 2. The molecule has 2 heterocycles. The zero-order valence-corrected chi connectivity index (χ0v) is 16.5. The summed E-state index contributed by atoms with van der Waals surface area (Å²) >= 11 is 0. The highest BCUT2D eigenvalue weighted by Crippen LogP contribution is 2.30. The highest BCUT2D eigenvalue weighted by atomic mass is 35.5. The topological polar surface area (TPSA) is 128 Å². The number of phenolic OH excluding ortho intramolecular Hbond substituents is 2. The van der Waals surface area contributed by atoms with Crippen molar-refractivity contribution >= 4 is 41.0 Å². The number of ether oxygens (including phenoxy) is 2. The van der Waals surface area contributed by atoms with E-state index in [1.54, 1.807) is 36.7 Å². The SMILES string of the molecule is C=O.COc1cc2ncncc2cc1O.COc1cc2ncncc2cc1O.Cl. The molecule has 152 valence electrons. The minimum absolute atomic E-state index is 0. The quantitative estimate of drug-likeness (QED) is 0.504. The molecule has 0 saturated heterocycles. The molecule has 0 bridgehead atoms. The summed E-state index contributed by atoms with van der Waals surface area (Å²) in [5.74, 6) is 1.05. The van der Waals surface area contributed by atoms with Crippen molar-refractivity contribution in [1.82, 2.24) is 19.9 Å². The van der Waals surface area contributed by atoms with E-state index in [0.717, 1.165) is 21.8 Å². The average Bonchev–Trinajstić information content (AvgIpc) is 2.74. The van der Waals surface area contributed by atoms with E-state index in [1.807, 2.05) is 6.79 Å². The van der Waals surface area contributed by atoms with Crippen LogP contribution < -0.4 is 9.47 Å². The number of methoxy groups -OCH3 is 2. The molecule has 0 unspecified atom stereocenters. The molecule has 9 nitrogen and oxygen atoms in total. The van der Waals surface area contributed by atoms with Gasteiger partial charge in [-0.3, -0.25) is 0 Å². The lowest BCUT2D eigenvalue weighted by Gasteiger charge is -2.03. The van der Waals surface area contributed by atoms with Crippen LogP contribution in [0.2, 0.25) is 0 Å². The minimum Gasteiger partial charge on any atom is -0.504 e. The Morgan fingerprint density at radius 1 is 0.759 bits per heavy atom. The first-order valence-corrected chi connectivity index (χ1v) is 7.84. The van der Waals surface area contributed by atoms with Gasteiger partial charge in [0, 0.05) is 35.3 Å². The highest BCUT2D eigenvalue weighted by molar-refractivity contribution is 5.85. The van der Waals surface area contributed by atoms with E-state index in [-0.39, 0.29) is 23.9 Å². The van der Waals surface area contributed by atoms with Gasteiger partial charge >= 0.3 is 0 Å². The summed E-state index contributed by atoms with van der Waals surface area (Å²) in [6.07, 6.45) is 6.20. The summed E-state index contributed by atoms with van der Waals surface area (Å²) in [5.41, 5.74) is 1.51. The van der Waals surface area contributed by atoms with Crippen LogP contribution >= 0.6 is 12.4 Å². The summed E-state index contributed by atoms with van der Waals surface area (Å²) in [5, 5.41) is 20.4. The Morgan fingerprint density at radius 3 is 1.48 bits per heavy atom.